The number of nitrogens with zero attached hydrogens (tertiary/aromatic N) is 4. The van der Waals surface area contributed by atoms with Gasteiger partial charge in [-0.25, -0.2) is 15.0 Å². The molecule has 0 spiro atoms. The zero-order valence-corrected chi connectivity index (χ0v) is 40.9. The third-order valence-electron chi connectivity index (χ3n) is 11.3. The van der Waals surface area contributed by atoms with Gasteiger partial charge in [0.1, 0.15) is 0 Å². The van der Waals surface area contributed by atoms with E-state index < -0.39 is 0 Å². The van der Waals surface area contributed by atoms with E-state index in [1.54, 1.807) is 38.7 Å². The first-order valence-corrected chi connectivity index (χ1v) is 25.0. The van der Waals surface area contributed by atoms with Gasteiger partial charge in [-0.1, -0.05) is 118 Å². The van der Waals surface area contributed by atoms with E-state index in [0.717, 1.165) is 21.6 Å². The lowest BCUT2D eigenvalue weighted by molar-refractivity contribution is 0.678. The lowest BCUT2D eigenvalue weighted by Gasteiger charge is -2.07. The number of aromatic nitrogens is 5. The highest BCUT2D eigenvalue weighted by Crippen LogP contribution is 2.31. The molecule has 0 amide bonds. The molecule has 10 rings (SSSR count). The molecule has 0 fully saturated rings. The molecule has 61 heavy (non-hydrogen) atoms. The third-order valence-corrected chi connectivity index (χ3v) is 15.0. The van der Waals surface area contributed by atoms with Crippen LogP contribution in [0.1, 0.15) is 172 Å². The van der Waals surface area contributed by atoms with Gasteiger partial charge in [-0.15, -0.1) is 34.0 Å². The van der Waals surface area contributed by atoms with Crippen molar-refractivity contribution in [2.24, 2.45) is 0 Å². The summed E-state index contributed by atoms with van der Waals surface area (Å²) >= 11 is 5.49. The molecule has 8 heteroatoms. The molecular weight excluding hydrogens is 803 g/mol. The van der Waals surface area contributed by atoms with Crippen LogP contribution >= 0.6 is 34.0 Å². The van der Waals surface area contributed by atoms with Gasteiger partial charge in [-0.3, -0.25) is 5.10 Å². The third kappa shape index (κ3) is 12.7. The molecule has 4 aromatic carbocycles. The predicted octanol–water partition coefficient (Wildman–Crippen LogP) is 16.3. The summed E-state index contributed by atoms with van der Waals surface area (Å²) in [5, 5.41) is 11.8. The molecule has 1 N–H and O–H groups in total. The monoisotopic (exact) mass is 869 g/mol. The predicted molar refractivity (Wildman–Crippen MR) is 268 cm³/mol. The summed E-state index contributed by atoms with van der Waals surface area (Å²) in [7, 11) is 0. The number of H-pyrrole nitrogens is 1. The molecule has 2 aliphatic rings. The minimum Gasteiger partial charge on any atom is -0.278 e. The van der Waals surface area contributed by atoms with Crippen molar-refractivity contribution in [3.05, 3.63) is 138 Å². The SMILES string of the molecule is CC(C)c1ccc2c(c1)CCC2.CC(C)c1ccc2cn[nH]c2c1.CC(C)c1nc2c(s1)CCCC2.CC(C)c1nc2ccccc2s1.Cc1nc2cc(C(C)C)ccc2s1. The summed E-state index contributed by atoms with van der Waals surface area (Å²) in [5.41, 5.74) is 12.2. The highest BCUT2D eigenvalue weighted by Gasteiger charge is 2.16. The molecule has 0 radical (unpaired) electrons. The van der Waals surface area contributed by atoms with Crippen LogP contribution in [-0.4, -0.2) is 25.1 Å². The van der Waals surface area contributed by atoms with Crippen LogP contribution in [0.25, 0.3) is 31.3 Å². The van der Waals surface area contributed by atoms with Gasteiger partial charge in [0.25, 0.3) is 0 Å². The smallest absolute Gasteiger partial charge is 0.0963 e. The van der Waals surface area contributed by atoms with E-state index in [4.69, 9.17) is 0 Å². The molecule has 0 atom stereocenters. The van der Waals surface area contributed by atoms with Crippen molar-refractivity contribution in [2.75, 3.05) is 0 Å². The minimum atomic E-state index is 0.544. The van der Waals surface area contributed by atoms with E-state index in [2.05, 4.69) is 174 Å². The van der Waals surface area contributed by atoms with Gasteiger partial charge in [-0.05, 0) is 128 Å². The molecule has 4 heterocycles. The maximum absolute atomic E-state index is 4.67. The van der Waals surface area contributed by atoms with Crippen LogP contribution in [0.15, 0.2) is 85.1 Å². The van der Waals surface area contributed by atoms with E-state index >= 15 is 0 Å². The fourth-order valence-electron chi connectivity index (χ4n) is 7.44. The van der Waals surface area contributed by atoms with Crippen molar-refractivity contribution in [1.82, 2.24) is 25.1 Å². The molecule has 8 aromatic rings. The molecule has 322 valence electrons. The molecule has 0 bridgehead atoms. The molecule has 0 unspecified atom stereocenters. The molecule has 5 nitrogen and oxygen atoms in total. The van der Waals surface area contributed by atoms with Crippen molar-refractivity contribution in [1.29, 1.82) is 0 Å². The summed E-state index contributed by atoms with van der Waals surface area (Å²) in [6.07, 6.45) is 11.0. The van der Waals surface area contributed by atoms with E-state index in [0.29, 0.717) is 29.6 Å². The van der Waals surface area contributed by atoms with Crippen LogP contribution in [0, 0.1) is 6.92 Å². The Bertz CT molecular complexity index is 2540. The average molecular weight is 870 g/mol. The Balaban J connectivity index is 0.000000128. The molecular formula is C53H67N5S3. The average Bonchev–Trinajstić information content (AvgIpc) is 4.10. The molecule has 4 aromatic heterocycles. The van der Waals surface area contributed by atoms with E-state index in [1.165, 1.54) is 92.1 Å². The van der Waals surface area contributed by atoms with Gasteiger partial charge in [0.2, 0.25) is 0 Å². The van der Waals surface area contributed by atoms with Crippen molar-refractivity contribution in [3.63, 3.8) is 0 Å². The highest BCUT2D eigenvalue weighted by molar-refractivity contribution is 7.18. The molecule has 0 aliphatic heterocycles. The number of nitrogens with one attached hydrogen (secondary N) is 1. The van der Waals surface area contributed by atoms with E-state index in [1.807, 2.05) is 23.6 Å². The Morgan fingerprint density at radius 1 is 0.508 bits per heavy atom. The number of aromatic amines is 1. The zero-order chi connectivity index (χ0) is 43.6. The second-order valence-corrected chi connectivity index (χ2v) is 21.4. The van der Waals surface area contributed by atoms with Crippen molar-refractivity contribution in [3.8, 4) is 0 Å². The number of hydrogen-bond donors (Lipinski definition) is 1. The van der Waals surface area contributed by atoms with Crippen LogP contribution in [0.2, 0.25) is 0 Å². The lowest BCUT2D eigenvalue weighted by atomic mass is 9.99. The van der Waals surface area contributed by atoms with Gasteiger partial charge in [-0.2, -0.15) is 5.10 Å². The first-order chi connectivity index (χ1) is 29.2. The highest BCUT2D eigenvalue weighted by atomic mass is 32.1. The Morgan fingerprint density at radius 2 is 1.13 bits per heavy atom. The fraction of sp³-hybridized carbons (Fsp3) is 0.434. The Morgan fingerprint density at radius 3 is 1.84 bits per heavy atom. The lowest BCUT2D eigenvalue weighted by Crippen LogP contribution is -1.99. The zero-order valence-electron chi connectivity index (χ0n) is 38.4. The van der Waals surface area contributed by atoms with E-state index in [9.17, 15) is 0 Å². The summed E-state index contributed by atoms with van der Waals surface area (Å²) in [6.45, 7) is 24.2. The number of benzene rings is 4. The van der Waals surface area contributed by atoms with Crippen molar-refractivity contribution >= 4 is 65.3 Å². The van der Waals surface area contributed by atoms with Crippen LogP contribution < -0.4 is 0 Å². The maximum atomic E-state index is 4.67. The second kappa shape index (κ2) is 21.7. The Labute approximate surface area is 377 Å². The first-order valence-electron chi connectivity index (χ1n) is 22.5. The topological polar surface area (TPSA) is 67.3 Å². The Kier molecular flexibility index (Phi) is 16.5. The van der Waals surface area contributed by atoms with Gasteiger partial charge >= 0.3 is 0 Å². The molecule has 0 saturated carbocycles. The summed E-state index contributed by atoms with van der Waals surface area (Å²) in [5.74, 6) is 3.00. The number of hydrogen-bond acceptors (Lipinski definition) is 7. The second-order valence-electron chi connectivity index (χ2n) is 18.0. The number of aryl methyl sites for hydroxylation is 5. The van der Waals surface area contributed by atoms with Crippen molar-refractivity contribution < 1.29 is 0 Å². The number of thiazole rings is 3. The van der Waals surface area contributed by atoms with Gasteiger partial charge in [0.05, 0.1) is 52.9 Å². The quantitative estimate of drug-likeness (QED) is 0.187. The summed E-state index contributed by atoms with van der Waals surface area (Å²) in [4.78, 5) is 15.2. The number of para-hydroxylation sites is 1. The first kappa shape index (κ1) is 46.3. The minimum absolute atomic E-state index is 0.544. The summed E-state index contributed by atoms with van der Waals surface area (Å²) in [6, 6.07) is 28.3. The van der Waals surface area contributed by atoms with Crippen LogP contribution in [-0.2, 0) is 25.7 Å². The van der Waals surface area contributed by atoms with Crippen LogP contribution in [0.4, 0.5) is 0 Å². The maximum Gasteiger partial charge on any atom is 0.0963 e. The fourth-order valence-corrected chi connectivity index (χ4v) is 10.4. The van der Waals surface area contributed by atoms with Crippen LogP contribution in [0.3, 0.4) is 0 Å². The largest absolute Gasteiger partial charge is 0.278 e. The number of rotatable bonds is 5. The number of fused-ring (bicyclic) bond motifs is 5. The van der Waals surface area contributed by atoms with E-state index in [-0.39, 0.29) is 0 Å². The molecule has 2 aliphatic carbocycles. The van der Waals surface area contributed by atoms with Crippen LogP contribution in [0.5, 0.6) is 0 Å². The van der Waals surface area contributed by atoms with Gasteiger partial charge < -0.3 is 0 Å². The summed E-state index contributed by atoms with van der Waals surface area (Å²) < 4.78 is 2.59. The normalized spacial score (nSPS) is 13.1. The standard InChI is InChI=1S/C12H16.C11H13NS.C10H12N2.C10H15NS.C10H11NS/c1-9(2)11-7-6-10-4-3-5-12(10)8-11;1-7(2)9-4-5-11-10(6-9)12-8(3)13-11;1-7(2)8-3-4-9-6-11-12-10(9)5-8;2*1-7(2)10-11-8-5-3-4-6-9(8)12-10/h6-9H,3-5H2,1-2H3;4-7H,1-3H3;3-7H,1-2H3,(H,11,12);7H,3-6H2,1-2H3;3-7H,1-2H3. The molecule has 0 saturated heterocycles. The van der Waals surface area contributed by atoms with Gasteiger partial charge in [0.15, 0.2) is 0 Å². The van der Waals surface area contributed by atoms with Crippen molar-refractivity contribution in [2.45, 2.75) is 151 Å². The Hall–Kier alpha value is -4.24. The van der Waals surface area contributed by atoms with Gasteiger partial charge in [0, 0.05) is 22.1 Å².